The van der Waals surface area contributed by atoms with Gasteiger partial charge in [0.05, 0.1) is 5.56 Å². The van der Waals surface area contributed by atoms with Crippen molar-refractivity contribution in [2.75, 3.05) is 18.1 Å². The smallest absolute Gasteiger partial charge is 0.338 e. The molecule has 6 nitrogen and oxygen atoms in total. The first-order valence-corrected chi connectivity index (χ1v) is 9.20. The normalized spacial score (nSPS) is 11.0. The highest BCUT2D eigenvalue weighted by atomic mass is 19.1. The maximum Gasteiger partial charge on any atom is 0.338 e. The summed E-state index contributed by atoms with van der Waals surface area (Å²) < 4.78 is 18.3. The zero-order chi connectivity index (χ0) is 21.6. The van der Waals surface area contributed by atoms with Gasteiger partial charge in [-0.3, -0.25) is 9.59 Å². The molecule has 2 aromatic carbocycles. The standard InChI is InChI=1S/C22H25FN2O4/c1-22(2,3)16-6-4-15(5-7-16)21(28)29-14-20(27)25(13-12-19(24)26)18-10-8-17(23)9-11-18/h4-11H,12-14H2,1-3H3,(H2,24,26). The Morgan fingerprint density at radius 3 is 2.10 bits per heavy atom. The lowest BCUT2D eigenvalue weighted by Crippen LogP contribution is -2.37. The number of anilines is 1. The fraction of sp³-hybridized carbons (Fsp3) is 0.318. The predicted molar refractivity (Wildman–Crippen MR) is 108 cm³/mol. The largest absolute Gasteiger partial charge is 0.452 e. The van der Waals surface area contributed by atoms with Crippen LogP contribution >= 0.6 is 0 Å². The van der Waals surface area contributed by atoms with Crippen molar-refractivity contribution < 1.29 is 23.5 Å². The van der Waals surface area contributed by atoms with Crippen LogP contribution in [-0.2, 0) is 19.7 Å². The van der Waals surface area contributed by atoms with Crippen molar-refractivity contribution in [3.05, 3.63) is 65.5 Å². The van der Waals surface area contributed by atoms with Gasteiger partial charge in [-0.05, 0) is 47.4 Å². The van der Waals surface area contributed by atoms with Crippen LogP contribution in [0, 0.1) is 5.82 Å². The van der Waals surface area contributed by atoms with E-state index >= 15 is 0 Å². The first-order valence-electron chi connectivity index (χ1n) is 9.20. The van der Waals surface area contributed by atoms with E-state index in [1.807, 2.05) is 12.1 Å². The van der Waals surface area contributed by atoms with Crippen LogP contribution in [0.4, 0.5) is 10.1 Å². The molecule has 0 aliphatic heterocycles. The number of halogens is 1. The molecule has 7 heteroatoms. The van der Waals surface area contributed by atoms with Crippen LogP contribution in [0.5, 0.6) is 0 Å². The number of rotatable bonds is 7. The molecule has 0 aliphatic carbocycles. The van der Waals surface area contributed by atoms with Crippen LogP contribution in [0.15, 0.2) is 48.5 Å². The quantitative estimate of drug-likeness (QED) is 0.723. The average Bonchev–Trinajstić information content (AvgIpc) is 2.66. The van der Waals surface area contributed by atoms with Gasteiger partial charge in [-0.1, -0.05) is 32.9 Å². The van der Waals surface area contributed by atoms with Crippen LogP contribution in [0.2, 0.25) is 0 Å². The monoisotopic (exact) mass is 400 g/mol. The molecule has 154 valence electrons. The molecular formula is C22H25FN2O4. The molecule has 0 aromatic heterocycles. The summed E-state index contributed by atoms with van der Waals surface area (Å²) in [5.41, 5.74) is 6.89. The summed E-state index contributed by atoms with van der Waals surface area (Å²) in [7, 11) is 0. The van der Waals surface area contributed by atoms with Gasteiger partial charge in [-0.15, -0.1) is 0 Å². The Labute approximate surface area is 169 Å². The van der Waals surface area contributed by atoms with Crippen LogP contribution in [0.1, 0.15) is 43.1 Å². The summed E-state index contributed by atoms with van der Waals surface area (Å²) in [5, 5.41) is 0. The van der Waals surface area contributed by atoms with Crippen molar-refractivity contribution in [3.63, 3.8) is 0 Å². The molecule has 2 aromatic rings. The number of esters is 1. The first kappa shape index (κ1) is 22.1. The van der Waals surface area contributed by atoms with Crippen molar-refractivity contribution in [1.82, 2.24) is 0 Å². The van der Waals surface area contributed by atoms with Gasteiger partial charge >= 0.3 is 5.97 Å². The molecule has 0 atom stereocenters. The van der Waals surface area contributed by atoms with Gasteiger partial charge in [0.15, 0.2) is 6.61 Å². The lowest BCUT2D eigenvalue weighted by molar-refractivity contribution is -0.121. The van der Waals surface area contributed by atoms with Gasteiger partial charge in [0, 0.05) is 18.7 Å². The SMILES string of the molecule is CC(C)(C)c1ccc(C(=O)OCC(=O)N(CCC(N)=O)c2ccc(F)cc2)cc1. The van der Waals surface area contributed by atoms with E-state index in [1.165, 1.54) is 29.2 Å². The average molecular weight is 400 g/mol. The number of carbonyl (C=O) groups is 3. The summed E-state index contributed by atoms with van der Waals surface area (Å²) >= 11 is 0. The number of primary amides is 1. The molecule has 0 radical (unpaired) electrons. The van der Waals surface area contributed by atoms with Gasteiger partial charge < -0.3 is 15.4 Å². The number of carbonyl (C=O) groups excluding carboxylic acids is 3. The predicted octanol–water partition coefficient (Wildman–Crippen LogP) is 3.19. The maximum atomic E-state index is 13.2. The number of hydrogen-bond acceptors (Lipinski definition) is 4. The van der Waals surface area contributed by atoms with Crippen molar-refractivity contribution >= 4 is 23.5 Å². The van der Waals surface area contributed by atoms with E-state index < -0.39 is 30.2 Å². The van der Waals surface area contributed by atoms with Gasteiger partial charge in [-0.25, -0.2) is 9.18 Å². The molecule has 0 saturated carbocycles. The Kier molecular flexibility index (Phi) is 7.09. The van der Waals surface area contributed by atoms with E-state index in [0.717, 1.165) is 5.56 Å². The summed E-state index contributed by atoms with van der Waals surface area (Å²) in [4.78, 5) is 37.2. The highest BCUT2D eigenvalue weighted by Crippen LogP contribution is 2.22. The van der Waals surface area contributed by atoms with Crippen molar-refractivity contribution in [2.24, 2.45) is 5.73 Å². The molecule has 0 aliphatic rings. The van der Waals surface area contributed by atoms with Crippen molar-refractivity contribution in [3.8, 4) is 0 Å². The Hall–Kier alpha value is -3.22. The van der Waals surface area contributed by atoms with E-state index in [0.29, 0.717) is 11.3 Å². The molecule has 0 fully saturated rings. The molecule has 0 unspecified atom stereocenters. The summed E-state index contributed by atoms with van der Waals surface area (Å²) in [6, 6.07) is 12.2. The molecule has 29 heavy (non-hydrogen) atoms. The summed E-state index contributed by atoms with van der Waals surface area (Å²) in [5.74, 6) is -2.22. The lowest BCUT2D eigenvalue weighted by Gasteiger charge is -2.22. The second-order valence-corrected chi connectivity index (χ2v) is 7.64. The summed E-state index contributed by atoms with van der Waals surface area (Å²) in [6.07, 6.45) is -0.0780. The topological polar surface area (TPSA) is 89.7 Å². The Morgan fingerprint density at radius 2 is 1.59 bits per heavy atom. The van der Waals surface area contributed by atoms with Gasteiger partial charge in [0.1, 0.15) is 5.82 Å². The van der Waals surface area contributed by atoms with Gasteiger partial charge in [0.25, 0.3) is 5.91 Å². The Bertz CT molecular complexity index is 871. The summed E-state index contributed by atoms with van der Waals surface area (Å²) in [6.45, 7) is 5.67. The van der Waals surface area contributed by atoms with E-state index in [9.17, 15) is 18.8 Å². The number of nitrogens with two attached hydrogens (primary N) is 1. The Balaban J connectivity index is 2.05. The van der Waals surface area contributed by atoms with Crippen LogP contribution < -0.4 is 10.6 Å². The molecule has 0 heterocycles. The minimum absolute atomic E-state index is 0.00235. The van der Waals surface area contributed by atoms with E-state index in [2.05, 4.69) is 20.8 Å². The van der Waals surface area contributed by atoms with Gasteiger partial charge in [0.2, 0.25) is 5.91 Å². The van der Waals surface area contributed by atoms with E-state index in [4.69, 9.17) is 10.5 Å². The number of hydrogen-bond donors (Lipinski definition) is 1. The number of amides is 2. The Morgan fingerprint density at radius 1 is 1.00 bits per heavy atom. The number of benzene rings is 2. The molecule has 2 rings (SSSR count). The zero-order valence-corrected chi connectivity index (χ0v) is 16.8. The third kappa shape index (κ3) is 6.41. The van der Waals surface area contributed by atoms with Crippen molar-refractivity contribution in [1.29, 1.82) is 0 Å². The molecule has 0 saturated heterocycles. The fourth-order valence-corrected chi connectivity index (χ4v) is 2.64. The highest BCUT2D eigenvalue weighted by Gasteiger charge is 2.20. The van der Waals surface area contributed by atoms with Crippen LogP contribution in [0.3, 0.4) is 0 Å². The van der Waals surface area contributed by atoms with Gasteiger partial charge in [-0.2, -0.15) is 0 Å². The minimum atomic E-state index is -0.632. The number of nitrogens with zero attached hydrogens (tertiary/aromatic N) is 1. The van der Waals surface area contributed by atoms with E-state index in [1.54, 1.807) is 12.1 Å². The van der Waals surface area contributed by atoms with Crippen molar-refractivity contribution in [2.45, 2.75) is 32.6 Å². The molecule has 0 bridgehead atoms. The fourth-order valence-electron chi connectivity index (χ4n) is 2.64. The third-order valence-corrected chi connectivity index (χ3v) is 4.33. The zero-order valence-electron chi connectivity index (χ0n) is 16.8. The lowest BCUT2D eigenvalue weighted by atomic mass is 9.87. The third-order valence-electron chi connectivity index (χ3n) is 4.33. The number of ether oxygens (including phenoxy) is 1. The van der Waals surface area contributed by atoms with Crippen LogP contribution in [-0.4, -0.2) is 30.9 Å². The minimum Gasteiger partial charge on any atom is -0.452 e. The first-order chi connectivity index (χ1) is 13.6. The molecule has 2 amide bonds. The molecule has 0 spiro atoms. The second-order valence-electron chi connectivity index (χ2n) is 7.64. The molecule has 2 N–H and O–H groups in total. The van der Waals surface area contributed by atoms with Crippen LogP contribution in [0.25, 0.3) is 0 Å². The molecular weight excluding hydrogens is 375 g/mol. The second kappa shape index (κ2) is 9.32. The maximum absolute atomic E-state index is 13.2. The highest BCUT2D eigenvalue weighted by molar-refractivity contribution is 5.97. The van der Waals surface area contributed by atoms with E-state index in [-0.39, 0.29) is 18.4 Å².